The van der Waals surface area contributed by atoms with Crippen LogP contribution in [0.4, 0.5) is 0 Å². The molecule has 0 aliphatic rings. The SMILES string of the molecule is C=C(C)CCC(N)C(C)CCC. The molecule has 1 heteroatoms. The van der Waals surface area contributed by atoms with Gasteiger partial charge in [-0.3, -0.25) is 0 Å². The predicted octanol–water partition coefficient (Wildman–Crippen LogP) is 3.11. The minimum Gasteiger partial charge on any atom is -0.327 e. The zero-order valence-corrected chi connectivity index (χ0v) is 8.77. The molecule has 0 aromatic rings. The van der Waals surface area contributed by atoms with E-state index in [4.69, 9.17) is 5.73 Å². The molecule has 0 aromatic heterocycles. The molecule has 0 radical (unpaired) electrons. The summed E-state index contributed by atoms with van der Waals surface area (Å²) in [7, 11) is 0. The molecule has 0 bridgehead atoms. The van der Waals surface area contributed by atoms with Crippen molar-refractivity contribution in [1.29, 1.82) is 0 Å². The number of rotatable bonds is 6. The highest BCUT2D eigenvalue weighted by molar-refractivity contribution is 4.89. The Morgan fingerprint density at radius 3 is 2.42 bits per heavy atom. The van der Waals surface area contributed by atoms with E-state index in [2.05, 4.69) is 27.4 Å². The molecule has 1 nitrogen and oxygen atoms in total. The third-order valence-electron chi connectivity index (χ3n) is 2.38. The van der Waals surface area contributed by atoms with E-state index in [9.17, 15) is 0 Å². The molecule has 0 spiro atoms. The van der Waals surface area contributed by atoms with Crippen molar-refractivity contribution in [3.8, 4) is 0 Å². The summed E-state index contributed by atoms with van der Waals surface area (Å²) in [6, 6.07) is 0.363. The molecule has 0 aromatic carbocycles. The van der Waals surface area contributed by atoms with E-state index in [0.29, 0.717) is 12.0 Å². The minimum absolute atomic E-state index is 0.363. The maximum Gasteiger partial charge on any atom is 0.00675 e. The molecule has 0 fully saturated rings. The van der Waals surface area contributed by atoms with Crippen LogP contribution in [0.1, 0.15) is 46.5 Å². The molecule has 0 aliphatic heterocycles. The molecular formula is C11H23N. The highest BCUT2D eigenvalue weighted by Crippen LogP contribution is 2.14. The lowest BCUT2D eigenvalue weighted by Crippen LogP contribution is -2.27. The second-order valence-electron chi connectivity index (χ2n) is 3.93. The Balaban J connectivity index is 3.55. The van der Waals surface area contributed by atoms with E-state index in [-0.39, 0.29) is 0 Å². The van der Waals surface area contributed by atoms with Gasteiger partial charge in [-0.1, -0.05) is 25.8 Å². The lowest BCUT2D eigenvalue weighted by molar-refractivity contribution is 0.402. The fraction of sp³-hybridized carbons (Fsp3) is 0.818. The molecule has 0 amide bonds. The van der Waals surface area contributed by atoms with Crippen molar-refractivity contribution in [1.82, 2.24) is 0 Å². The summed E-state index contributed by atoms with van der Waals surface area (Å²) in [5, 5.41) is 0. The average molecular weight is 169 g/mol. The van der Waals surface area contributed by atoms with E-state index in [1.165, 1.54) is 18.4 Å². The molecule has 72 valence electrons. The van der Waals surface area contributed by atoms with Gasteiger partial charge >= 0.3 is 0 Å². The summed E-state index contributed by atoms with van der Waals surface area (Å²) in [6.45, 7) is 10.4. The highest BCUT2D eigenvalue weighted by Gasteiger charge is 2.10. The maximum absolute atomic E-state index is 6.01. The summed E-state index contributed by atoms with van der Waals surface area (Å²) in [5.41, 5.74) is 7.26. The Labute approximate surface area is 77.0 Å². The van der Waals surface area contributed by atoms with Crippen LogP contribution in [0.25, 0.3) is 0 Å². The van der Waals surface area contributed by atoms with Crippen LogP contribution in [0, 0.1) is 5.92 Å². The molecule has 0 aliphatic carbocycles. The summed E-state index contributed by atoms with van der Waals surface area (Å²) < 4.78 is 0. The van der Waals surface area contributed by atoms with Crippen LogP contribution in [-0.2, 0) is 0 Å². The van der Waals surface area contributed by atoms with Gasteiger partial charge in [-0.05, 0) is 32.1 Å². The van der Waals surface area contributed by atoms with Crippen LogP contribution in [0.2, 0.25) is 0 Å². The molecule has 2 atom stereocenters. The Hall–Kier alpha value is -0.300. The topological polar surface area (TPSA) is 26.0 Å². The van der Waals surface area contributed by atoms with Crippen molar-refractivity contribution >= 4 is 0 Å². The summed E-state index contributed by atoms with van der Waals surface area (Å²) >= 11 is 0. The first-order valence-corrected chi connectivity index (χ1v) is 4.97. The second-order valence-corrected chi connectivity index (χ2v) is 3.93. The zero-order chi connectivity index (χ0) is 9.56. The molecule has 0 saturated heterocycles. The van der Waals surface area contributed by atoms with Crippen LogP contribution in [0.5, 0.6) is 0 Å². The molecule has 2 N–H and O–H groups in total. The van der Waals surface area contributed by atoms with Gasteiger partial charge in [0.15, 0.2) is 0 Å². The van der Waals surface area contributed by atoms with Crippen molar-refractivity contribution in [2.45, 2.75) is 52.5 Å². The minimum atomic E-state index is 0.363. The van der Waals surface area contributed by atoms with Gasteiger partial charge < -0.3 is 5.73 Å². The van der Waals surface area contributed by atoms with Crippen LogP contribution in [-0.4, -0.2) is 6.04 Å². The first-order valence-electron chi connectivity index (χ1n) is 4.97. The number of nitrogens with two attached hydrogens (primary N) is 1. The van der Waals surface area contributed by atoms with E-state index < -0.39 is 0 Å². The van der Waals surface area contributed by atoms with Crippen LogP contribution in [0.3, 0.4) is 0 Å². The fourth-order valence-electron chi connectivity index (χ4n) is 1.37. The van der Waals surface area contributed by atoms with Crippen LogP contribution in [0.15, 0.2) is 12.2 Å². The smallest absolute Gasteiger partial charge is 0.00675 e. The first kappa shape index (κ1) is 11.7. The quantitative estimate of drug-likeness (QED) is 0.607. The van der Waals surface area contributed by atoms with E-state index in [0.717, 1.165) is 12.8 Å². The van der Waals surface area contributed by atoms with Crippen molar-refractivity contribution in [3.05, 3.63) is 12.2 Å². The normalized spacial score (nSPS) is 15.7. The number of hydrogen-bond donors (Lipinski definition) is 1. The lowest BCUT2D eigenvalue weighted by atomic mass is 9.93. The molecular weight excluding hydrogens is 146 g/mol. The molecule has 12 heavy (non-hydrogen) atoms. The number of allylic oxidation sites excluding steroid dienone is 1. The monoisotopic (exact) mass is 169 g/mol. The van der Waals surface area contributed by atoms with Gasteiger partial charge in [-0.2, -0.15) is 0 Å². The second kappa shape index (κ2) is 6.24. The summed E-state index contributed by atoms with van der Waals surface area (Å²) in [4.78, 5) is 0. The standard InChI is InChI=1S/C11H23N/c1-5-6-10(4)11(12)8-7-9(2)3/h10-11H,2,5-8,12H2,1,3-4H3. The van der Waals surface area contributed by atoms with Crippen LogP contribution < -0.4 is 5.73 Å². The predicted molar refractivity (Wildman–Crippen MR) is 56.1 cm³/mol. The number of hydrogen-bond acceptors (Lipinski definition) is 1. The van der Waals surface area contributed by atoms with Crippen molar-refractivity contribution in [2.75, 3.05) is 0 Å². The van der Waals surface area contributed by atoms with Gasteiger partial charge in [-0.25, -0.2) is 0 Å². The van der Waals surface area contributed by atoms with Crippen LogP contribution >= 0.6 is 0 Å². The Kier molecular flexibility index (Phi) is 6.09. The maximum atomic E-state index is 6.01. The average Bonchev–Trinajstić information content (AvgIpc) is 2.00. The van der Waals surface area contributed by atoms with Gasteiger partial charge in [0.25, 0.3) is 0 Å². The largest absolute Gasteiger partial charge is 0.327 e. The first-order chi connectivity index (χ1) is 5.57. The van der Waals surface area contributed by atoms with Crippen molar-refractivity contribution in [3.63, 3.8) is 0 Å². The zero-order valence-electron chi connectivity index (χ0n) is 8.77. The van der Waals surface area contributed by atoms with E-state index >= 15 is 0 Å². The van der Waals surface area contributed by atoms with E-state index in [1.54, 1.807) is 0 Å². The molecule has 0 rings (SSSR count). The Morgan fingerprint density at radius 1 is 1.42 bits per heavy atom. The summed E-state index contributed by atoms with van der Waals surface area (Å²) in [5.74, 6) is 0.661. The van der Waals surface area contributed by atoms with Gasteiger partial charge in [0.2, 0.25) is 0 Å². The molecule has 2 unspecified atom stereocenters. The summed E-state index contributed by atoms with van der Waals surface area (Å²) in [6.07, 6.45) is 4.66. The Morgan fingerprint density at radius 2 is 2.00 bits per heavy atom. The molecule has 0 saturated carbocycles. The van der Waals surface area contributed by atoms with Crippen molar-refractivity contribution < 1.29 is 0 Å². The van der Waals surface area contributed by atoms with E-state index in [1.807, 2.05) is 0 Å². The third-order valence-corrected chi connectivity index (χ3v) is 2.38. The third kappa shape index (κ3) is 5.36. The van der Waals surface area contributed by atoms with Crippen molar-refractivity contribution in [2.24, 2.45) is 11.7 Å². The highest BCUT2D eigenvalue weighted by atomic mass is 14.6. The Bertz CT molecular complexity index is 129. The van der Waals surface area contributed by atoms with Gasteiger partial charge in [0.05, 0.1) is 0 Å². The lowest BCUT2D eigenvalue weighted by Gasteiger charge is -2.18. The molecule has 0 heterocycles. The van der Waals surface area contributed by atoms with Gasteiger partial charge in [0, 0.05) is 6.04 Å². The van der Waals surface area contributed by atoms with Gasteiger partial charge in [-0.15, -0.1) is 6.58 Å². The fourth-order valence-corrected chi connectivity index (χ4v) is 1.37. The van der Waals surface area contributed by atoms with Gasteiger partial charge in [0.1, 0.15) is 0 Å².